The molecule has 1 aliphatic rings. The van der Waals surface area contributed by atoms with Gasteiger partial charge in [-0.3, -0.25) is 4.90 Å². The Hall–Kier alpha value is -0.650. The van der Waals surface area contributed by atoms with E-state index in [1.807, 2.05) is 0 Å². The van der Waals surface area contributed by atoms with Crippen LogP contribution in [-0.4, -0.2) is 48.6 Å². The highest BCUT2D eigenvalue weighted by molar-refractivity contribution is 7.13. The smallest absolute Gasteiger partial charge is 0.185 e. The summed E-state index contributed by atoms with van der Waals surface area (Å²) in [6, 6.07) is 1.18. The Kier molecular flexibility index (Phi) is 4.59. The number of aromatic nitrogens is 1. The molecule has 1 aromatic heterocycles. The van der Waals surface area contributed by atoms with Crippen LogP contribution in [0, 0.1) is 0 Å². The van der Waals surface area contributed by atoms with Crippen LogP contribution in [0.15, 0.2) is 5.38 Å². The highest BCUT2D eigenvalue weighted by atomic mass is 32.1. The molecule has 0 spiro atoms. The molecule has 0 radical (unpaired) electrons. The third kappa shape index (κ3) is 3.02. The van der Waals surface area contributed by atoms with Crippen LogP contribution in [0.1, 0.15) is 26.5 Å². The number of rotatable bonds is 4. The van der Waals surface area contributed by atoms with E-state index >= 15 is 0 Å². The Morgan fingerprint density at radius 1 is 1.39 bits per heavy atom. The number of hydrogen-bond donors (Lipinski definition) is 1. The average molecular weight is 268 g/mol. The van der Waals surface area contributed by atoms with Gasteiger partial charge in [-0.1, -0.05) is 6.92 Å². The van der Waals surface area contributed by atoms with Gasteiger partial charge in [0, 0.05) is 37.1 Å². The largest absolute Gasteiger partial charge is 0.345 e. The lowest BCUT2D eigenvalue weighted by atomic mass is 10.1. The molecule has 0 aromatic carbocycles. The summed E-state index contributed by atoms with van der Waals surface area (Å²) in [6.45, 7) is 10.7. The van der Waals surface area contributed by atoms with E-state index in [1.165, 1.54) is 5.13 Å². The van der Waals surface area contributed by atoms with Crippen LogP contribution in [0.2, 0.25) is 0 Å². The fraction of sp³-hybridized carbons (Fsp3) is 0.769. The van der Waals surface area contributed by atoms with Crippen molar-refractivity contribution in [3.05, 3.63) is 11.1 Å². The normalized spacial score (nSPS) is 25.7. The fourth-order valence-electron chi connectivity index (χ4n) is 2.34. The summed E-state index contributed by atoms with van der Waals surface area (Å²) in [7, 11) is 2.21. The van der Waals surface area contributed by atoms with Crippen molar-refractivity contribution in [2.45, 2.75) is 39.4 Å². The lowest BCUT2D eigenvalue weighted by Crippen LogP contribution is -2.55. The first kappa shape index (κ1) is 13.8. The molecular weight excluding hydrogens is 244 g/mol. The van der Waals surface area contributed by atoms with Gasteiger partial charge in [0.2, 0.25) is 0 Å². The Bertz CT molecular complexity index is 367. The molecule has 1 aromatic rings. The number of nitrogens with zero attached hydrogens (tertiary/aromatic N) is 3. The summed E-state index contributed by atoms with van der Waals surface area (Å²) in [5.74, 6) is 0. The standard InChI is InChI=1S/C13H24N4S/c1-5-14-6-12-9-18-13(15-12)17-7-10(2)16(4)11(3)8-17/h9-11,14H,5-8H2,1-4H3. The van der Waals surface area contributed by atoms with Gasteiger partial charge in [0.1, 0.15) is 0 Å². The highest BCUT2D eigenvalue weighted by Gasteiger charge is 2.27. The highest BCUT2D eigenvalue weighted by Crippen LogP contribution is 2.25. The van der Waals surface area contributed by atoms with Gasteiger partial charge in [0.25, 0.3) is 0 Å². The lowest BCUT2D eigenvalue weighted by Gasteiger charge is -2.42. The molecule has 1 fully saturated rings. The van der Waals surface area contributed by atoms with Crippen LogP contribution in [0.25, 0.3) is 0 Å². The molecule has 0 amide bonds. The number of nitrogens with one attached hydrogen (secondary N) is 1. The number of thiazole rings is 1. The Balaban J connectivity index is 2.01. The zero-order valence-electron chi connectivity index (χ0n) is 11.8. The second kappa shape index (κ2) is 5.99. The summed E-state index contributed by atoms with van der Waals surface area (Å²) in [5, 5.41) is 6.67. The molecular formula is C13H24N4S. The van der Waals surface area contributed by atoms with E-state index in [0.717, 1.165) is 31.9 Å². The van der Waals surface area contributed by atoms with E-state index in [0.29, 0.717) is 12.1 Å². The second-order valence-electron chi connectivity index (χ2n) is 5.17. The van der Waals surface area contributed by atoms with Gasteiger partial charge < -0.3 is 10.2 Å². The molecule has 0 saturated carbocycles. The molecule has 2 heterocycles. The first-order valence-electron chi connectivity index (χ1n) is 6.73. The summed E-state index contributed by atoms with van der Waals surface area (Å²) in [5.41, 5.74) is 1.16. The van der Waals surface area contributed by atoms with Gasteiger partial charge >= 0.3 is 0 Å². The number of hydrogen-bond acceptors (Lipinski definition) is 5. The minimum atomic E-state index is 0.592. The molecule has 1 aliphatic heterocycles. The molecule has 1 N–H and O–H groups in total. The second-order valence-corrected chi connectivity index (χ2v) is 6.01. The maximum absolute atomic E-state index is 4.73. The SMILES string of the molecule is CCNCc1csc(N2CC(C)N(C)C(C)C2)n1. The molecule has 2 unspecified atom stereocenters. The van der Waals surface area contributed by atoms with Crippen LogP contribution in [-0.2, 0) is 6.54 Å². The van der Waals surface area contributed by atoms with Crippen molar-refractivity contribution in [1.82, 2.24) is 15.2 Å². The third-order valence-electron chi connectivity index (χ3n) is 3.73. The van der Waals surface area contributed by atoms with Gasteiger partial charge in [0.05, 0.1) is 5.69 Å². The topological polar surface area (TPSA) is 31.4 Å². The zero-order valence-corrected chi connectivity index (χ0v) is 12.6. The summed E-state index contributed by atoms with van der Waals surface area (Å²) in [6.07, 6.45) is 0. The van der Waals surface area contributed by atoms with Gasteiger partial charge in [-0.05, 0) is 27.4 Å². The molecule has 102 valence electrons. The lowest BCUT2D eigenvalue weighted by molar-refractivity contribution is 0.170. The van der Waals surface area contributed by atoms with Crippen molar-refractivity contribution in [1.29, 1.82) is 0 Å². The predicted octanol–water partition coefficient (Wildman–Crippen LogP) is 1.78. The average Bonchev–Trinajstić information content (AvgIpc) is 2.81. The number of likely N-dealkylation sites (N-methyl/N-ethyl adjacent to an activating group) is 1. The molecule has 1 saturated heterocycles. The molecule has 2 rings (SSSR count). The summed E-state index contributed by atoms with van der Waals surface area (Å²) < 4.78 is 0. The van der Waals surface area contributed by atoms with Crippen molar-refractivity contribution >= 4 is 16.5 Å². The maximum atomic E-state index is 4.73. The van der Waals surface area contributed by atoms with E-state index in [9.17, 15) is 0 Å². The summed E-state index contributed by atoms with van der Waals surface area (Å²) >= 11 is 1.77. The van der Waals surface area contributed by atoms with Crippen molar-refractivity contribution < 1.29 is 0 Å². The van der Waals surface area contributed by atoms with Crippen LogP contribution in [0.3, 0.4) is 0 Å². The minimum Gasteiger partial charge on any atom is -0.345 e. The van der Waals surface area contributed by atoms with Gasteiger partial charge in [-0.2, -0.15) is 0 Å². The molecule has 2 atom stereocenters. The molecule has 4 nitrogen and oxygen atoms in total. The van der Waals surface area contributed by atoms with Crippen LogP contribution >= 0.6 is 11.3 Å². The zero-order chi connectivity index (χ0) is 13.1. The Labute approximate surface area is 114 Å². The maximum Gasteiger partial charge on any atom is 0.185 e. The van der Waals surface area contributed by atoms with Crippen LogP contribution in [0.4, 0.5) is 5.13 Å². The number of anilines is 1. The Morgan fingerprint density at radius 2 is 2.06 bits per heavy atom. The van der Waals surface area contributed by atoms with E-state index < -0.39 is 0 Å². The van der Waals surface area contributed by atoms with E-state index in [2.05, 4.69) is 48.3 Å². The van der Waals surface area contributed by atoms with Gasteiger partial charge in [-0.15, -0.1) is 11.3 Å². The molecule has 5 heteroatoms. The summed E-state index contributed by atoms with van der Waals surface area (Å²) in [4.78, 5) is 9.60. The van der Waals surface area contributed by atoms with Gasteiger partial charge in [0.15, 0.2) is 5.13 Å². The third-order valence-corrected chi connectivity index (χ3v) is 4.68. The van der Waals surface area contributed by atoms with E-state index in [1.54, 1.807) is 11.3 Å². The van der Waals surface area contributed by atoms with E-state index in [4.69, 9.17) is 4.98 Å². The van der Waals surface area contributed by atoms with Crippen molar-refractivity contribution in [3.8, 4) is 0 Å². The van der Waals surface area contributed by atoms with Crippen molar-refractivity contribution in [3.63, 3.8) is 0 Å². The van der Waals surface area contributed by atoms with Crippen molar-refractivity contribution in [2.24, 2.45) is 0 Å². The monoisotopic (exact) mass is 268 g/mol. The van der Waals surface area contributed by atoms with Crippen LogP contribution < -0.4 is 10.2 Å². The van der Waals surface area contributed by atoms with Crippen molar-refractivity contribution in [2.75, 3.05) is 31.6 Å². The first-order valence-corrected chi connectivity index (χ1v) is 7.61. The number of piperazine rings is 1. The quantitative estimate of drug-likeness (QED) is 0.902. The molecule has 18 heavy (non-hydrogen) atoms. The fourth-order valence-corrected chi connectivity index (χ4v) is 3.18. The first-order chi connectivity index (χ1) is 8.61. The van der Waals surface area contributed by atoms with Crippen LogP contribution in [0.5, 0.6) is 0 Å². The van der Waals surface area contributed by atoms with Gasteiger partial charge in [-0.25, -0.2) is 4.98 Å². The van der Waals surface area contributed by atoms with E-state index in [-0.39, 0.29) is 0 Å². The predicted molar refractivity (Wildman–Crippen MR) is 78.4 cm³/mol. The molecule has 0 aliphatic carbocycles. The minimum absolute atomic E-state index is 0.592. The molecule has 0 bridgehead atoms. The Morgan fingerprint density at radius 3 is 2.67 bits per heavy atom.